The van der Waals surface area contributed by atoms with Crippen LogP contribution in [0.3, 0.4) is 0 Å². The van der Waals surface area contributed by atoms with Gasteiger partial charge in [-0.3, -0.25) is 4.31 Å². The average Bonchev–Trinajstić information content (AvgIpc) is 2.66. The standard InChI is InChI=1S/C21H25F3N2O2S/c1-5-29(27,28)26(4)16-8-6-7-14(11-16)19-13-20(2,3)17-12-15(21(22,23)24)9-10-18(17)25-19/h6-12,19,25H,5,13H2,1-4H3. The van der Waals surface area contributed by atoms with E-state index in [0.29, 0.717) is 23.4 Å². The Bertz CT molecular complexity index is 1020. The Hall–Kier alpha value is -2.22. The van der Waals surface area contributed by atoms with E-state index in [1.165, 1.54) is 23.5 Å². The molecule has 2 aromatic rings. The molecule has 1 aliphatic rings. The summed E-state index contributed by atoms with van der Waals surface area (Å²) in [6, 6.07) is 10.9. The van der Waals surface area contributed by atoms with Crippen LogP contribution in [0.2, 0.25) is 0 Å². The first kappa shape index (κ1) is 21.5. The summed E-state index contributed by atoms with van der Waals surface area (Å²) >= 11 is 0. The zero-order valence-electron chi connectivity index (χ0n) is 16.8. The Morgan fingerprint density at radius 2 is 1.86 bits per heavy atom. The number of rotatable bonds is 4. The number of hydrogen-bond donors (Lipinski definition) is 1. The number of alkyl halides is 3. The third-order valence-corrected chi connectivity index (χ3v) is 7.31. The molecule has 3 rings (SSSR count). The quantitative estimate of drug-likeness (QED) is 0.719. The van der Waals surface area contributed by atoms with E-state index in [0.717, 1.165) is 11.6 Å². The van der Waals surface area contributed by atoms with Crippen molar-refractivity contribution in [2.75, 3.05) is 22.4 Å². The predicted molar refractivity (Wildman–Crippen MR) is 110 cm³/mol. The van der Waals surface area contributed by atoms with E-state index in [2.05, 4.69) is 5.32 Å². The largest absolute Gasteiger partial charge is 0.416 e. The number of nitrogens with zero attached hydrogens (tertiary/aromatic N) is 1. The van der Waals surface area contributed by atoms with Crippen molar-refractivity contribution in [2.45, 2.75) is 44.8 Å². The van der Waals surface area contributed by atoms with Crippen molar-refractivity contribution >= 4 is 21.4 Å². The first-order valence-corrected chi connectivity index (χ1v) is 11.0. The molecule has 8 heteroatoms. The molecule has 0 spiro atoms. The van der Waals surface area contributed by atoms with E-state index in [1.807, 2.05) is 26.0 Å². The number of fused-ring (bicyclic) bond motifs is 1. The lowest BCUT2D eigenvalue weighted by molar-refractivity contribution is -0.137. The smallest absolute Gasteiger partial charge is 0.378 e. The highest BCUT2D eigenvalue weighted by molar-refractivity contribution is 7.92. The molecule has 29 heavy (non-hydrogen) atoms. The lowest BCUT2D eigenvalue weighted by Gasteiger charge is -2.39. The molecular formula is C21H25F3N2O2S. The highest BCUT2D eigenvalue weighted by atomic mass is 32.2. The molecule has 0 fully saturated rings. The number of anilines is 2. The molecule has 1 heterocycles. The Balaban J connectivity index is 1.96. The number of nitrogens with one attached hydrogen (secondary N) is 1. The molecule has 158 valence electrons. The number of halogens is 3. The highest BCUT2D eigenvalue weighted by Gasteiger charge is 2.37. The normalized spacial score (nSPS) is 18.7. The summed E-state index contributed by atoms with van der Waals surface area (Å²) in [4.78, 5) is 0. The SMILES string of the molecule is CCS(=O)(=O)N(C)c1cccc(C2CC(C)(C)c3cc(C(F)(F)F)ccc3N2)c1. The summed E-state index contributed by atoms with van der Waals surface area (Å²) in [7, 11) is -1.86. The van der Waals surface area contributed by atoms with Gasteiger partial charge in [0.05, 0.1) is 23.0 Å². The fraction of sp³-hybridized carbons (Fsp3) is 0.429. The second-order valence-corrected chi connectivity index (χ2v) is 10.3. The summed E-state index contributed by atoms with van der Waals surface area (Å²) < 4.78 is 65.0. The predicted octanol–water partition coefficient (Wildman–Crippen LogP) is 5.33. The Kier molecular flexibility index (Phi) is 5.36. The molecule has 1 aliphatic heterocycles. The van der Waals surface area contributed by atoms with Crippen molar-refractivity contribution in [2.24, 2.45) is 0 Å². The summed E-state index contributed by atoms with van der Waals surface area (Å²) in [5.41, 5.74) is 1.60. The molecule has 0 aromatic heterocycles. The minimum Gasteiger partial charge on any atom is -0.378 e. The van der Waals surface area contributed by atoms with Crippen molar-refractivity contribution in [3.8, 4) is 0 Å². The van der Waals surface area contributed by atoms with Crippen molar-refractivity contribution in [1.29, 1.82) is 0 Å². The lowest BCUT2D eigenvalue weighted by Crippen LogP contribution is -2.32. The van der Waals surface area contributed by atoms with E-state index in [9.17, 15) is 21.6 Å². The number of benzene rings is 2. The maximum absolute atomic E-state index is 13.1. The summed E-state index contributed by atoms with van der Waals surface area (Å²) in [6.07, 6.45) is -3.80. The van der Waals surface area contributed by atoms with E-state index in [1.54, 1.807) is 19.1 Å². The molecule has 0 bridgehead atoms. The van der Waals surface area contributed by atoms with Gasteiger partial charge >= 0.3 is 6.18 Å². The fourth-order valence-corrected chi connectivity index (χ4v) is 4.58. The minimum atomic E-state index is -4.38. The van der Waals surface area contributed by atoms with Crippen LogP contribution in [-0.4, -0.2) is 21.2 Å². The summed E-state index contributed by atoms with van der Waals surface area (Å²) in [5.74, 6) is -0.00263. The van der Waals surface area contributed by atoms with Gasteiger partial charge in [-0.1, -0.05) is 26.0 Å². The van der Waals surface area contributed by atoms with Crippen molar-refractivity contribution in [1.82, 2.24) is 0 Å². The molecule has 0 amide bonds. The number of hydrogen-bond acceptors (Lipinski definition) is 3. The first-order valence-electron chi connectivity index (χ1n) is 9.40. The van der Waals surface area contributed by atoms with Gasteiger partial charge in [-0.15, -0.1) is 0 Å². The molecule has 1 N–H and O–H groups in total. The van der Waals surface area contributed by atoms with Crippen LogP contribution in [0, 0.1) is 0 Å². The monoisotopic (exact) mass is 426 g/mol. The second-order valence-electron chi connectivity index (χ2n) is 8.01. The molecule has 2 aromatic carbocycles. The van der Waals surface area contributed by atoms with E-state index >= 15 is 0 Å². The molecule has 4 nitrogen and oxygen atoms in total. The topological polar surface area (TPSA) is 49.4 Å². The third kappa shape index (κ3) is 4.22. The fourth-order valence-electron chi connectivity index (χ4n) is 3.76. The summed E-state index contributed by atoms with van der Waals surface area (Å²) in [6.45, 7) is 5.45. The van der Waals surface area contributed by atoms with Crippen molar-refractivity contribution in [3.05, 3.63) is 59.2 Å². The van der Waals surface area contributed by atoms with Gasteiger partial charge in [0.2, 0.25) is 10.0 Å². The van der Waals surface area contributed by atoms with Gasteiger partial charge in [0.25, 0.3) is 0 Å². The number of sulfonamides is 1. The molecule has 0 saturated carbocycles. The van der Waals surface area contributed by atoms with Crippen LogP contribution in [0.5, 0.6) is 0 Å². The molecular weight excluding hydrogens is 401 g/mol. The Morgan fingerprint density at radius 3 is 2.48 bits per heavy atom. The van der Waals surface area contributed by atoms with Crippen molar-refractivity contribution in [3.63, 3.8) is 0 Å². The molecule has 1 unspecified atom stereocenters. The van der Waals surface area contributed by atoms with Gasteiger partial charge < -0.3 is 5.32 Å². The van der Waals surface area contributed by atoms with Crippen LogP contribution in [0.25, 0.3) is 0 Å². The van der Waals surface area contributed by atoms with Crippen molar-refractivity contribution < 1.29 is 21.6 Å². The zero-order valence-corrected chi connectivity index (χ0v) is 17.7. The molecule has 0 aliphatic carbocycles. The van der Waals surface area contributed by atoms with Gasteiger partial charge in [-0.05, 0) is 60.2 Å². The van der Waals surface area contributed by atoms with Crippen LogP contribution in [-0.2, 0) is 21.6 Å². The van der Waals surface area contributed by atoms with Gasteiger partial charge in [0.15, 0.2) is 0 Å². The Labute approximate surface area is 169 Å². The van der Waals surface area contributed by atoms with E-state index < -0.39 is 27.2 Å². The maximum Gasteiger partial charge on any atom is 0.416 e. The first-order chi connectivity index (χ1) is 13.3. The van der Waals surface area contributed by atoms with E-state index in [-0.39, 0.29) is 11.8 Å². The molecule has 1 atom stereocenters. The lowest BCUT2D eigenvalue weighted by atomic mass is 9.73. The third-order valence-electron chi connectivity index (χ3n) is 5.54. The summed E-state index contributed by atoms with van der Waals surface area (Å²) in [5, 5.41) is 3.33. The van der Waals surface area contributed by atoms with Crippen LogP contribution >= 0.6 is 0 Å². The van der Waals surface area contributed by atoms with Crippen LogP contribution < -0.4 is 9.62 Å². The average molecular weight is 427 g/mol. The minimum absolute atomic E-state index is 0.00263. The Morgan fingerprint density at radius 1 is 1.17 bits per heavy atom. The van der Waals surface area contributed by atoms with Gasteiger partial charge in [0, 0.05) is 12.7 Å². The van der Waals surface area contributed by atoms with Crippen LogP contribution in [0.15, 0.2) is 42.5 Å². The molecule has 0 saturated heterocycles. The maximum atomic E-state index is 13.1. The van der Waals surface area contributed by atoms with Gasteiger partial charge in [-0.25, -0.2) is 8.42 Å². The van der Waals surface area contributed by atoms with Crippen LogP contribution in [0.4, 0.5) is 24.5 Å². The van der Waals surface area contributed by atoms with Gasteiger partial charge in [-0.2, -0.15) is 13.2 Å². The second kappa shape index (κ2) is 7.23. The highest BCUT2D eigenvalue weighted by Crippen LogP contribution is 2.46. The van der Waals surface area contributed by atoms with E-state index in [4.69, 9.17) is 0 Å². The van der Waals surface area contributed by atoms with Crippen LogP contribution in [0.1, 0.15) is 49.9 Å². The van der Waals surface area contributed by atoms with Gasteiger partial charge in [0.1, 0.15) is 0 Å². The zero-order chi connectivity index (χ0) is 21.6. The molecule has 0 radical (unpaired) electrons.